The van der Waals surface area contributed by atoms with E-state index >= 15 is 0 Å². The first kappa shape index (κ1) is 10.4. The van der Waals surface area contributed by atoms with Crippen molar-refractivity contribution in [3.8, 4) is 0 Å². The molecule has 1 atom stereocenters. The minimum atomic E-state index is -0.547. The molecule has 4 nitrogen and oxygen atoms in total. The van der Waals surface area contributed by atoms with E-state index in [1.54, 1.807) is 31.2 Å². The lowest BCUT2D eigenvalue weighted by atomic mass is 10.2. The number of benzene rings is 1. The molecule has 4 heteroatoms. The van der Waals surface area contributed by atoms with E-state index in [4.69, 9.17) is 5.11 Å². The fourth-order valence-electron chi connectivity index (χ4n) is 0.992. The number of hydrogen-bond acceptors (Lipinski definition) is 3. The summed E-state index contributed by atoms with van der Waals surface area (Å²) in [6.45, 7) is 1.62. The zero-order valence-corrected chi connectivity index (χ0v) is 7.75. The first-order valence-electron chi connectivity index (χ1n) is 4.20. The summed E-state index contributed by atoms with van der Waals surface area (Å²) in [7, 11) is 0. The molecule has 1 rings (SSSR count). The van der Waals surface area contributed by atoms with Gasteiger partial charge in [0.1, 0.15) is 0 Å². The van der Waals surface area contributed by atoms with Gasteiger partial charge in [-0.15, -0.1) is 0 Å². The van der Waals surface area contributed by atoms with Crippen LogP contribution in [0.5, 0.6) is 0 Å². The Bertz CT molecular complexity index is 358. The van der Waals surface area contributed by atoms with E-state index in [-0.39, 0.29) is 5.69 Å². The molecule has 0 aliphatic carbocycles. The fourth-order valence-corrected chi connectivity index (χ4v) is 0.992. The molecule has 0 aromatic heterocycles. The van der Waals surface area contributed by atoms with Gasteiger partial charge in [-0.05, 0) is 12.5 Å². The Labute approximate surface area is 81.6 Å². The average Bonchev–Trinajstić information content (AvgIpc) is 2.15. The van der Waals surface area contributed by atoms with Gasteiger partial charge in [-0.3, -0.25) is 10.1 Å². The second-order valence-corrected chi connectivity index (χ2v) is 2.95. The standard InChI is InChI=1S/C10H11NO3/c1-8(12)5-6-9-3-2-4-10(7-9)11(13)14/h2-8,12H,1H3/b6-5+. The average molecular weight is 193 g/mol. The number of nitro benzene ring substituents is 1. The molecule has 0 aliphatic heterocycles. The third-order valence-corrected chi connectivity index (χ3v) is 1.65. The molecular weight excluding hydrogens is 182 g/mol. The third kappa shape index (κ3) is 2.99. The predicted molar refractivity (Wildman–Crippen MR) is 53.8 cm³/mol. The van der Waals surface area contributed by atoms with Crippen LogP contribution in [-0.4, -0.2) is 16.1 Å². The third-order valence-electron chi connectivity index (χ3n) is 1.65. The summed E-state index contributed by atoms with van der Waals surface area (Å²) in [5, 5.41) is 19.4. The number of rotatable bonds is 3. The summed E-state index contributed by atoms with van der Waals surface area (Å²) >= 11 is 0. The first-order valence-corrected chi connectivity index (χ1v) is 4.20. The van der Waals surface area contributed by atoms with Gasteiger partial charge in [0.05, 0.1) is 11.0 Å². The van der Waals surface area contributed by atoms with Gasteiger partial charge in [0.25, 0.3) is 5.69 Å². The number of nitrogens with zero attached hydrogens (tertiary/aromatic N) is 1. The summed E-state index contributed by atoms with van der Waals surface area (Å²) in [4.78, 5) is 9.98. The summed E-state index contributed by atoms with van der Waals surface area (Å²) in [5.41, 5.74) is 0.762. The molecular formula is C10H11NO3. The highest BCUT2D eigenvalue weighted by atomic mass is 16.6. The van der Waals surface area contributed by atoms with Crippen molar-refractivity contribution in [1.29, 1.82) is 0 Å². The first-order chi connectivity index (χ1) is 6.59. The molecule has 14 heavy (non-hydrogen) atoms. The molecule has 0 heterocycles. The summed E-state index contributed by atoms with van der Waals surface area (Å²) in [6.07, 6.45) is 2.67. The van der Waals surface area contributed by atoms with E-state index in [1.807, 2.05) is 0 Å². The van der Waals surface area contributed by atoms with E-state index < -0.39 is 11.0 Å². The molecule has 0 aliphatic rings. The quantitative estimate of drug-likeness (QED) is 0.589. The Balaban J connectivity index is 2.89. The van der Waals surface area contributed by atoms with E-state index in [1.165, 1.54) is 12.1 Å². The summed E-state index contributed by atoms with van der Waals surface area (Å²) < 4.78 is 0. The summed E-state index contributed by atoms with van der Waals surface area (Å²) in [6, 6.07) is 6.24. The molecule has 0 bridgehead atoms. The number of non-ortho nitro benzene ring substituents is 1. The van der Waals surface area contributed by atoms with Crippen LogP contribution in [0.15, 0.2) is 30.3 Å². The molecule has 1 unspecified atom stereocenters. The van der Waals surface area contributed by atoms with Gasteiger partial charge in [0.15, 0.2) is 0 Å². The van der Waals surface area contributed by atoms with Crippen LogP contribution in [0.2, 0.25) is 0 Å². The number of aliphatic hydroxyl groups excluding tert-OH is 1. The van der Waals surface area contributed by atoms with Gasteiger partial charge in [-0.2, -0.15) is 0 Å². The minimum Gasteiger partial charge on any atom is -0.389 e. The van der Waals surface area contributed by atoms with E-state index in [0.717, 1.165) is 0 Å². The van der Waals surface area contributed by atoms with Crippen LogP contribution in [0.1, 0.15) is 12.5 Å². The predicted octanol–water partition coefficient (Wildman–Crippen LogP) is 1.99. The molecule has 0 radical (unpaired) electrons. The van der Waals surface area contributed by atoms with Crippen molar-refractivity contribution in [2.45, 2.75) is 13.0 Å². The molecule has 1 aromatic rings. The Morgan fingerprint density at radius 3 is 2.86 bits per heavy atom. The van der Waals surface area contributed by atoms with Crippen LogP contribution in [0.4, 0.5) is 5.69 Å². The maximum atomic E-state index is 10.4. The van der Waals surface area contributed by atoms with Gasteiger partial charge < -0.3 is 5.11 Å². The van der Waals surface area contributed by atoms with Crippen LogP contribution in [-0.2, 0) is 0 Å². The van der Waals surface area contributed by atoms with Crippen molar-refractivity contribution in [2.75, 3.05) is 0 Å². The molecule has 0 saturated heterocycles. The number of aliphatic hydroxyl groups is 1. The van der Waals surface area contributed by atoms with Gasteiger partial charge in [-0.25, -0.2) is 0 Å². The van der Waals surface area contributed by atoms with Crippen LogP contribution in [0.3, 0.4) is 0 Å². The second-order valence-electron chi connectivity index (χ2n) is 2.95. The maximum absolute atomic E-state index is 10.4. The minimum absolute atomic E-state index is 0.0535. The van der Waals surface area contributed by atoms with Crippen molar-refractivity contribution in [3.05, 3.63) is 46.0 Å². The Morgan fingerprint density at radius 2 is 2.29 bits per heavy atom. The van der Waals surface area contributed by atoms with Gasteiger partial charge >= 0.3 is 0 Å². The molecule has 0 amide bonds. The molecule has 0 saturated carbocycles. The van der Waals surface area contributed by atoms with Crippen molar-refractivity contribution in [1.82, 2.24) is 0 Å². The molecule has 0 spiro atoms. The highest BCUT2D eigenvalue weighted by Crippen LogP contribution is 2.14. The second kappa shape index (κ2) is 4.53. The van der Waals surface area contributed by atoms with Crippen LogP contribution >= 0.6 is 0 Å². The van der Waals surface area contributed by atoms with E-state index in [9.17, 15) is 10.1 Å². The van der Waals surface area contributed by atoms with Crippen LogP contribution < -0.4 is 0 Å². The largest absolute Gasteiger partial charge is 0.389 e. The van der Waals surface area contributed by atoms with Crippen molar-refractivity contribution >= 4 is 11.8 Å². The Morgan fingerprint density at radius 1 is 1.57 bits per heavy atom. The van der Waals surface area contributed by atoms with E-state index in [0.29, 0.717) is 5.56 Å². The van der Waals surface area contributed by atoms with Gasteiger partial charge in [0, 0.05) is 12.1 Å². The SMILES string of the molecule is CC(O)/C=C/c1cccc([N+](=O)[O-])c1. The Kier molecular flexibility index (Phi) is 3.36. The lowest BCUT2D eigenvalue weighted by Gasteiger charge is -1.95. The monoisotopic (exact) mass is 193 g/mol. The highest BCUT2D eigenvalue weighted by Gasteiger charge is 2.03. The maximum Gasteiger partial charge on any atom is 0.270 e. The highest BCUT2D eigenvalue weighted by molar-refractivity contribution is 5.53. The molecule has 74 valence electrons. The molecule has 1 aromatic carbocycles. The normalized spacial score (nSPS) is 13.0. The van der Waals surface area contributed by atoms with Gasteiger partial charge in [0.2, 0.25) is 0 Å². The smallest absolute Gasteiger partial charge is 0.270 e. The topological polar surface area (TPSA) is 63.4 Å². The number of hydrogen-bond donors (Lipinski definition) is 1. The van der Waals surface area contributed by atoms with Gasteiger partial charge in [-0.1, -0.05) is 24.3 Å². The Hall–Kier alpha value is -1.68. The molecule has 1 N–H and O–H groups in total. The lowest BCUT2D eigenvalue weighted by molar-refractivity contribution is -0.384. The number of nitro groups is 1. The molecule has 0 fully saturated rings. The van der Waals surface area contributed by atoms with E-state index in [2.05, 4.69) is 0 Å². The van der Waals surface area contributed by atoms with Crippen molar-refractivity contribution in [2.24, 2.45) is 0 Å². The van der Waals surface area contributed by atoms with Crippen LogP contribution in [0.25, 0.3) is 6.08 Å². The van der Waals surface area contributed by atoms with Crippen molar-refractivity contribution in [3.63, 3.8) is 0 Å². The zero-order chi connectivity index (χ0) is 10.6. The fraction of sp³-hybridized carbons (Fsp3) is 0.200. The lowest BCUT2D eigenvalue weighted by Crippen LogP contribution is -1.92. The zero-order valence-electron chi connectivity index (χ0n) is 7.75. The van der Waals surface area contributed by atoms with Crippen LogP contribution in [0, 0.1) is 10.1 Å². The van der Waals surface area contributed by atoms with Crippen molar-refractivity contribution < 1.29 is 10.0 Å². The summed E-state index contributed by atoms with van der Waals surface area (Å²) in [5.74, 6) is 0.